The fraction of sp³-hybridized carbons (Fsp3) is 0.400. The molecule has 94 valence electrons. The Bertz CT molecular complexity index is 502. The standard InChI is InChI=1S/C10H12F2N2O2S/c11-10(12)17(15,16)7-3-1-6(2-4-7)14-9-5-8(9)13/h1-4,8-10,14H,5,13H2. The third-order valence-corrected chi connectivity index (χ3v) is 4.01. The lowest BCUT2D eigenvalue weighted by Gasteiger charge is -2.07. The second kappa shape index (κ2) is 4.23. The highest BCUT2D eigenvalue weighted by molar-refractivity contribution is 7.91. The molecule has 1 aliphatic rings. The van der Waals surface area contributed by atoms with E-state index in [9.17, 15) is 17.2 Å². The molecular formula is C10H12F2N2O2S. The van der Waals surface area contributed by atoms with Crippen molar-refractivity contribution < 1.29 is 17.2 Å². The SMILES string of the molecule is NC1CC1Nc1ccc(S(=O)(=O)C(F)F)cc1. The molecule has 2 atom stereocenters. The molecule has 0 amide bonds. The predicted molar refractivity (Wildman–Crippen MR) is 59.6 cm³/mol. The molecular weight excluding hydrogens is 250 g/mol. The first-order valence-electron chi connectivity index (χ1n) is 5.05. The van der Waals surface area contributed by atoms with Crippen LogP contribution in [0, 0.1) is 0 Å². The van der Waals surface area contributed by atoms with Gasteiger partial charge in [0.1, 0.15) is 0 Å². The van der Waals surface area contributed by atoms with Gasteiger partial charge in [-0.05, 0) is 30.7 Å². The van der Waals surface area contributed by atoms with Gasteiger partial charge in [-0.25, -0.2) is 8.42 Å². The molecule has 0 radical (unpaired) electrons. The zero-order valence-corrected chi connectivity index (χ0v) is 9.62. The summed E-state index contributed by atoms with van der Waals surface area (Å²) >= 11 is 0. The molecule has 1 aliphatic carbocycles. The first kappa shape index (κ1) is 12.3. The van der Waals surface area contributed by atoms with E-state index in [2.05, 4.69) is 5.32 Å². The van der Waals surface area contributed by atoms with Crippen molar-refractivity contribution in [2.24, 2.45) is 5.73 Å². The smallest absolute Gasteiger partial charge is 0.341 e. The molecule has 1 aromatic rings. The predicted octanol–water partition coefficient (Wildman–Crippen LogP) is 1.19. The Morgan fingerprint density at radius 2 is 1.82 bits per heavy atom. The van der Waals surface area contributed by atoms with Crippen LogP contribution in [0.15, 0.2) is 29.2 Å². The number of rotatable bonds is 4. The van der Waals surface area contributed by atoms with Crippen LogP contribution in [0.4, 0.5) is 14.5 Å². The maximum Gasteiger partial charge on any atom is 0.341 e. The third kappa shape index (κ3) is 2.55. The van der Waals surface area contributed by atoms with Crippen molar-refractivity contribution in [1.82, 2.24) is 0 Å². The van der Waals surface area contributed by atoms with Gasteiger partial charge in [0.25, 0.3) is 0 Å². The summed E-state index contributed by atoms with van der Waals surface area (Å²) in [7, 11) is -4.50. The first-order valence-corrected chi connectivity index (χ1v) is 6.60. The molecule has 3 N–H and O–H groups in total. The number of nitrogens with two attached hydrogens (primary N) is 1. The van der Waals surface area contributed by atoms with Gasteiger partial charge in [-0.2, -0.15) is 8.78 Å². The molecule has 0 spiro atoms. The molecule has 2 rings (SSSR count). The molecule has 0 bridgehead atoms. The number of sulfone groups is 1. The Morgan fingerprint density at radius 3 is 2.24 bits per heavy atom. The minimum absolute atomic E-state index is 0.111. The van der Waals surface area contributed by atoms with Crippen LogP contribution >= 0.6 is 0 Å². The normalized spacial score (nSPS) is 23.8. The largest absolute Gasteiger partial charge is 0.381 e. The number of hydrogen-bond donors (Lipinski definition) is 2. The Balaban J connectivity index is 2.13. The van der Waals surface area contributed by atoms with Crippen LogP contribution in [-0.4, -0.2) is 26.3 Å². The molecule has 0 aromatic heterocycles. The number of anilines is 1. The molecule has 17 heavy (non-hydrogen) atoms. The van der Waals surface area contributed by atoms with Crippen LogP contribution < -0.4 is 11.1 Å². The van der Waals surface area contributed by atoms with Crippen molar-refractivity contribution in [3.63, 3.8) is 0 Å². The summed E-state index contributed by atoms with van der Waals surface area (Å²) in [6.07, 6.45) is 0.858. The van der Waals surface area contributed by atoms with Crippen LogP contribution in [0.3, 0.4) is 0 Å². The Hall–Kier alpha value is -1.21. The Kier molecular flexibility index (Phi) is 3.05. The van der Waals surface area contributed by atoms with Crippen molar-refractivity contribution in [2.45, 2.75) is 29.2 Å². The highest BCUT2D eigenvalue weighted by Gasteiger charge is 2.33. The van der Waals surface area contributed by atoms with Gasteiger partial charge in [-0.1, -0.05) is 0 Å². The van der Waals surface area contributed by atoms with Crippen molar-refractivity contribution in [3.8, 4) is 0 Å². The summed E-state index contributed by atoms with van der Waals surface area (Å²) in [4.78, 5) is -0.377. The number of halogens is 2. The van der Waals surface area contributed by atoms with Crippen molar-refractivity contribution >= 4 is 15.5 Å². The lowest BCUT2D eigenvalue weighted by Crippen LogP contribution is -2.14. The van der Waals surface area contributed by atoms with Crippen molar-refractivity contribution in [1.29, 1.82) is 0 Å². The average molecular weight is 262 g/mol. The number of hydrogen-bond acceptors (Lipinski definition) is 4. The van der Waals surface area contributed by atoms with Crippen LogP contribution in [0.5, 0.6) is 0 Å². The van der Waals surface area contributed by atoms with E-state index in [4.69, 9.17) is 5.73 Å². The van der Waals surface area contributed by atoms with Crippen molar-refractivity contribution in [2.75, 3.05) is 5.32 Å². The molecule has 4 nitrogen and oxygen atoms in total. The topological polar surface area (TPSA) is 72.2 Å². The maximum atomic E-state index is 12.3. The van der Waals surface area contributed by atoms with E-state index in [1.807, 2.05) is 0 Å². The quantitative estimate of drug-likeness (QED) is 0.855. The highest BCUT2D eigenvalue weighted by Crippen LogP contribution is 2.25. The van der Waals surface area contributed by atoms with Gasteiger partial charge < -0.3 is 11.1 Å². The van der Waals surface area contributed by atoms with Crippen LogP contribution in [0.25, 0.3) is 0 Å². The fourth-order valence-corrected chi connectivity index (χ4v) is 2.16. The zero-order chi connectivity index (χ0) is 12.6. The minimum Gasteiger partial charge on any atom is -0.381 e. The number of benzene rings is 1. The average Bonchev–Trinajstić information content (AvgIpc) is 2.95. The first-order chi connectivity index (χ1) is 7.91. The van der Waals surface area contributed by atoms with E-state index in [0.29, 0.717) is 5.69 Å². The minimum atomic E-state index is -4.50. The number of nitrogens with one attached hydrogen (secondary N) is 1. The van der Waals surface area contributed by atoms with Gasteiger partial charge >= 0.3 is 5.76 Å². The molecule has 1 saturated carbocycles. The van der Waals surface area contributed by atoms with Crippen molar-refractivity contribution in [3.05, 3.63) is 24.3 Å². The van der Waals surface area contributed by atoms with Gasteiger partial charge in [-0.15, -0.1) is 0 Å². The third-order valence-electron chi connectivity index (χ3n) is 2.61. The number of alkyl halides is 2. The second-order valence-electron chi connectivity index (χ2n) is 3.98. The van der Waals surface area contributed by atoms with E-state index in [1.165, 1.54) is 12.1 Å². The van der Waals surface area contributed by atoms with Gasteiger partial charge in [0.15, 0.2) is 0 Å². The van der Waals surface area contributed by atoms with Gasteiger partial charge in [0.05, 0.1) is 4.90 Å². The van der Waals surface area contributed by atoms with Crippen LogP contribution in [-0.2, 0) is 9.84 Å². The Morgan fingerprint density at radius 1 is 1.29 bits per heavy atom. The molecule has 0 heterocycles. The molecule has 0 saturated heterocycles. The molecule has 1 fully saturated rings. The summed E-state index contributed by atoms with van der Waals surface area (Å²) in [6, 6.07) is 5.54. The van der Waals surface area contributed by atoms with E-state index < -0.39 is 15.6 Å². The van der Waals surface area contributed by atoms with Gasteiger partial charge in [0, 0.05) is 17.8 Å². The fourth-order valence-electron chi connectivity index (χ4n) is 1.44. The highest BCUT2D eigenvalue weighted by atomic mass is 32.2. The molecule has 1 aromatic carbocycles. The van der Waals surface area contributed by atoms with E-state index in [1.54, 1.807) is 0 Å². The van der Waals surface area contributed by atoms with Crippen LogP contribution in [0.1, 0.15) is 6.42 Å². The van der Waals surface area contributed by atoms with E-state index in [-0.39, 0.29) is 17.0 Å². The summed E-state index contributed by atoms with van der Waals surface area (Å²) in [5.74, 6) is -3.39. The zero-order valence-electron chi connectivity index (χ0n) is 8.81. The van der Waals surface area contributed by atoms with E-state index >= 15 is 0 Å². The second-order valence-corrected chi connectivity index (χ2v) is 5.90. The van der Waals surface area contributed by atoms with E-state index in [0.717, 1.165) is 18.6 Å². The molecule has 2 unspecified atom stereocenters. The molecule has 0 aliphatic heterocycles. The maximum absolute atomic E-state index is 12.3. The monoisotopic (exact) mass is 262 g/mol. The Labute approximate surface area is 97.7 Å². The summed E-state index contributed by atoms with van der Waals surface area (Å²) < 4.78 is 46.8. The summed E-state index contributed by atoms with van der Waals surface area (Å²) in [6.45, 7) is 0. The van der Waals surface area contributed by atoms with Gasteiger partial charge in [-0.3, -0.25) is 0 Å². The lowest BCUT2D eigenvalue weighted by atomic mass is 10.3. The van der Waals surface area contributed by atoms with Gasteiger partial charge in [0.2, 0.25) is 9.84 Å². The summed E-state index contributed by atoms with van der Waals surface area (Å²) in [5.41, 5.74) is 6.27. The molecule has 7 heteroatoms. The lowest BCUT2D eigenvalue weighted by molar-refractivity contribution is 0.234. The summed E-state index contributed by atoms with van der Waals surface area (Å²) in [5, 5.41) is 3.07. The van der Waals surface area contributed by atoms with Crippen LogP contribution in [0.2, 0.25) is 0 Å².